The van der Waals surface area contributed by atoms with Crippen LogP contribution in [0.3, 0.4) is 0 Å². The van der Waals surface area contributed by atoms with Gasteiger partial charge in [0.1, 0.15) is 17.6 Å². The van der Waals surface area contributed by atoms with E-state index in [4.69, 9.17) is 0 Å². The van der Waals surface area contributed by atoms with Gasteiger partial charge in [-0.25, -0.2) is 9.37 Å². The lowest BCUT2D eigenvalue weighted by atomic mass is 9.98. The number of benzene rings is 2. The molecule has 0 spiro atoms. The van der Waals surface area contributed by atoms with Crippen LogP contribution >= 0.6 is 0 Å². The zero-order valence-corrected chi connectivity index (χ0v) is 16.1. The normalized spacial score (nSPS) is 20.2. The van der Waals surface area contributed by atoms with Crippen molar-refractivity contribution in [3.8, 4) is 17.2 Å². The Labute approximate surface area is 164 Å². The molecule has 0 amide bonds. The largest absolute Gasteiger partial charge is 0.311 e. The number of halogens is 1. The summed E-state index contributed by atoms with van der Waals surface area (Å²) in [5.74, 6) is -0.274. The van der Waals surface area contributed by atoms with E-state index in [0.717, 1.165) is 41.7 Å². The fourth-order valence-corrected chi connectivity index (χ4v) is 3.85. The highest BCUT2D eigenvalue weighted by Gasteiger charge is 2.22. The SMILES string of the molecule is CC1CN(Cc2ccc3c(-c4ccc(F)cc4)cc(C#N)nc3c2)[C@@H](C)CN1. The molecular formula is C23H23FN4. The molecule has 2 atom stereocenters. The molecule has 142 valence electrons. The third-order valence-electron chi connectivity index (χ3n) is 5.42. The Balaban J connectivity index is 1.73. The Kier molecular flexibility index (Phi) is 5.08. The lowest BCUT2D eigenvalue weighted by molar-refractivity contribution is 0.139. The molecule has 1 aliphatic heterocycles. The number of pyridine rings is 1. The summed E-state index contributed by atoms with van der Waals surface area (Å²) in [5.41, 5.74) is 4.13. The number of nitrogens with one attached hydrogen (secondary N) is 1. The first-order valence-corrected chi connectivity index (χ1v) is 9.60. The minimum Gasteiger partial charge on any atom is -0.311 e. The summed E-state index contributed by atoms with van der Waals surface area (Å²) in [4.78, 5) is 6.99. The van der Waals surface area contributed by atoms with Gasteiger partial charge in [-0.1, -0.05) is 24.3 Å². The highest BCUT2D eigenvalue weighted by atomic mass is 19.1. The monoisotopic (exact) mass is 374 g/mol. The van der Waals surface area contributed by atoms with Crippen LogP contribution in [0.15, 0.2) is 48.5 Å². The fourth-order valence-electron chi connectivity index (χ4n) is 3.85. The average molecular weight is 374 g/mol. The number of nitrogens with zero attached hydrogens (tertiary/aromatic N) is 3. The third kappa shape index (κ3) is 3.75. The van der Waals surface area contributed by atoms with Gasteiger partial charge in [0.2, 0.25) is 0 Å². The second-order valence-electron chi connectivity index (χ2n) is 7.61. The molecule has 28 heavy (non-hydrogen) atoms. The molecule has 5 heteroatoms. The number of aromatic nitrogens is 1. The van der Waals surface area contributed by atoms with Crippen LogP contribution in [-0.4, -0.2) is 35.1 Å². The molecule has 0 aliphatic carbocycles. The van der Waals surface area contributed by atoms with E-state index in [1.165, 1.54) is 17.7 Å². The highest BCUT2D eigenvalue weighted by molar-refractivity contribution is 5.95. The zero-order chi connectivity index (χ0) is 19.7. The van der Waals surface area contributed by atoms with Crippen LogP contribution in [0.5, 0.6) is 0 Å². The van der Waals surface area contributed by atoms with E-state index < -0.39 is 0 Å². The Bertz CT molecular complexity index is 1040. The second-order valence-corrected chi connectivity index (χ2v) is 7.61. The first-order valence-electron chi connectivity index (χ1n) is 9.60. The smallest absolute Gasteiger partial charge is 0.141 e. The average Bonchev–Trinajstić information content (AvgIpc) is 2.70. The molecule has 1 N–H and O–H groups in total. The van der Waals surface area contributed by atoms with E-state index >= 15 is 0 Å². The predicted molar refractivity (Wildman–Crippen MR) is 109 cm³/mol. The second kappa shape index (κ2) is 7.67. The van der Waals surface area contributed by atoms with Crippen molar-refractivity contribution in [2.45, 2.75) is 32.5 Å². The van der Waals surface area contributed by atoms with Crippen molar-refractivity contribution in [2.75, 3.05) is 13.1 Å². The topological polar surface area (TPSA) is 52.0 Å². The van der Waals surface area contributed by atoms with Gasteiger partial charge in [-0.3, -0.25) is 4.90 Å². The maximum absolute atomic E-state index is 13.3. The quantitative estimate of drug-likeness (QED) is 0.750. The van der Waals surface area contributed by atoms with E-state index in [2.05, 4.69) is 53.3 Å². The van der Waals surface area contributed by atoms with Crippen LogP contribution in [0.4, 0.5) is 4.39 Å². The van der Waals surface area contributed by atoms with E-state index in [9.17, 15) is 9.65 Å². The number of fused-ring (bicyclic) bond motifs is 1. The number of hydrogen-bond acceptors (Lipinski definition) is 4. The molecule has 2 heterocycles. The zero-order valence-electron chi connectivity index (χ0n) is 16.1. The van der Waals surface area contributed by atoms with Gasteiger partial charge in [0, 0.05) is 37.1 Å². The van der Waals surface area contributed by atoms with E-state index in [1.807, 2.05) is 0 Å². The summed E-state index contributed by atoms with van der Waals surface area (Å²) >= 11 is 0. The molecule has 0 bridgehead atoms. The van der Waals surface area contributed by atoms with Crippen LogP contribution in [0, 0.1) is 17.1 Å². The van der Waals surface area contributed by atoms with Gasteiger partial charge in [0.15, 0.2) is 0 Å². The molecular weight excluding hydrogens is 351 g/mol. The van der Waals surface area contributed by atoms with Gasteiger partial charge in [-0.2, -0.15) is 5.26 Å². The van der Waals surface area contributed by atoms with Crippen molar-refractivity contribution in [3.63, 3.8) is 0 Å². The van der Waals surface area contributed by atoms with Crippen molar-refractivity contribution in [2.24, 2.45) is 0 Å². The van der Waals surface area contributed by atoms with Crippen molar-refractivity contribution in [1.82, 2.24) is 15.2 Å². The predicted octanol–water partition coefficient (Wildman–Crippen LogP) is 4.09. The molecule has 1 fully saturated rings. The van der Waals surface area contributed by atoms with E-state index in [1.54, 1.807) is 18.2 Å². The molecule has 2 aromatic carbocycles. The molecule has 4 nitrogen and oxygen atoms in total. The lowest BCUT2D eigenvalue weighted by Crippen LogP contribution is -2.53. The number of hydrogen-bond donors (Lipinski definition) is 1. The summed E-state index contributed by atoms with van der Waals surface area (Å²) in [6, 6.07) is 17.5. The summed E-state index contributed by atoms with van der Waals surface area (Å²) in [6.07, 6.45) is 0. The molecule has 3 aromatic rings. The van der Waals surface area contributed by atoms with Crippen molar-refractivity contribution < 1.29 is 4.39 Å². The maximum Gasteiger partial charge on any atom is 0.141 e. The Morgan fingerprint density at radius 2 is 1.96 bits per heavy atom. The Morgan fingerprint density at radius 1 is 1.18 bits per heavy atom. The maximum atomic E-state index is 13.3. The number of rotatable bonds is 3. The third-order valence-corrected chi connectivity index (χ3v) is 5.42. The molecule has 1 unspecified atom stereocenters. The standard InChI is InChI=1S/C23H23FN4/c1-15-13-28(16(2)12-26-15)14-17-3-8-21-22(18-4-6-19(24)7-5-18)10-20(11-25)27-23(21)9-17/h3-10,15-16,26H,12-14H2,1-2H3/t15?,16-/m0/s1. The molecule has 0 saturated carbocycles. The Hall–Kier alpha value is -2.81. The van der Waals surface area contributed by atoms with Gasteiger partial charge >= 0.3 is 0 Å². The molecule has 4 rings (SSSR count). The molecule has 1 aromatic heterocycles. The molecule has 0 radical (unpaired) electrons. The van der Waals surface area contributed by atoms with Gasteiger partial charge < -0.3 is 5.32 Å². The number of piperazine rings is 1. The highest BCUT2D eigenvalue weighted by Crippen LogP contribution is 2.30. The summed E-state index contributed by atoms with van der Waals surface area (Å²) < 4.78 is 13.3. The van der Waals surface area contributed by atoms with Crippen LogP contribution in [0.1, 0.15) is 25.1 Å². The van der Waals surface area contributed by atoms with E-state index in [-0.39, 0.29) is 5.82 Å². The molecule has 1 aliphatic rings. The Morgan fingerprint density at radius 3 is 2.71 bits per heavy atom. The van der Waals surface area contributed by atoms with Gasteiger partial charge in [0.25, 0.3) is 0 Å². The first kappa shape index (κ1) is 18.5. The summed E-state index contributed by atoms with van der Waals surface area (Å²) in [7, 11) is 0. The van der Waals surface area contributed by atoms with Gasteiger partial charge in [-0.15, -0.1) is 0 Å². The minimum atomic E-state index is -0.274. The van der Waals surface area contributed by atoms with Gasteiger partial charge in [0.05, 0.1) is 5.52 Å². The van der Waals surface area contributed by atoms with Crippen LogP contribution in [0.25, 0.3) is 22.0 Å². The minimum absolute atomic E-state index is 0.274. The summed E-state index contributed by atoms with van der Waals surface area (Å²) in [6.45, 7) is 7.28. The fraction of sp³-hybridized carbons (Fsp3) is 0.304. The van der Waals surface area contributed by atoms with Crippen molar-refractivity contribution >= 4 is 10.9 Å². The van der Waals surface area contributed by atoms with Gasteiger partial charge in [-0.05, 0) is 54.8 Å². The number of nitriles is 1. The van der Waals surface area contributed by atoms with Crippen LogP contribution < -0.4 is 5.32 Å². The van der Waals surface area contributed by atoms with Crippen molar-refractivity contribution in [3.05, 3.63) is 65.6 Å². The first-order chi connectivity index (χ1) is 13.5. The van der Waals surface area contributed by atoms with Crippen LogP contribution in [-0.2, 0) is 6.54 Å². The summed E-state index contributed by atoms with van der Waals surface area (Å²) in [5, 5.41) is 13.9. The lowest BCUT2D eigenvalue weighted by Gasteiger charge is -2.37. The molecule has 1 saturated heterocycles. The van der Waals surface area contributed by atoms with E-state index in [0.29, 0.717) is 17.8 Å². The van der Waals surface area contributed by atoms with Crippen LogP contribution in [0.2, 0.25) is 0 Å². The van der Waals surface area contributed by atoms with Crippen molar-refractivity contribution in [1.29, 1.82) is 5.26 Å².